The molecule has 0 aliphatic heterocycles. The highest BCUT2D eigenvalue weighted by molar-refractivity contribution is 9.10. The van der Waals surface area contributed by atoms with Gasteiger partial charge in [0.1, 0.15) is 11.8 Å². The molecule has 0 spiro atoms. The van der Waals surface area contributed by atoms with Gasteiger partial charge in [0.05, 0.1) is 18.2 Å². The molecule has 1 amide bonds. The summed E-state index contributed by atoms with van der Waals surface area (Å²) in [6.07, 6.45) is 1.51. The molecule has 9 nitrogen and oxygen atoms in total. The Kier molecular flexibility index (Phi) is 7.41. The number of ether oxygens (including phenoxy) is 1. The van der Waals surface area contributed by atoms with Gasteiger partial charge in [-0.25, -0.2) is 9.59 Å². The van der Waals surface area contributed by atoms with Crippen LogP contribution in [-0.4, -0.2) is 39.3 Å². The van der Waals surface area contributed by atoms with Gasteiger partial charge in [0.25, 0.3) is 11.5 Å². The molecule has 34 heavy (non-hydrogen) atoms. The number of nitrogens with one attached hydrogen (secondary N) is 1. The summed E-state index contributed by atoms with van der Waals surface area (Å²) >= 11 is 3.31. The Labute approximate surface area is 203 Å². The van der Waals surface area contributed by atoms with E-state index in [1.807, 2.05) is 0 Å². The zero-order chi connectivity index (χ0) is 25.2. The molecule has 0 bridgehead atoms. The van der Waals surface area contributed by atoms with Crippen LogP contribution in [0.15, 0.2) is 56.7 Å². The highest BCUT2D eigenvalue weighted by Crippen LogP contribution is 2.27. The first kappa shape index (κ1) is 25.0. The average molecular weight is 530 g/mol. The van der Waals surface area contributed by atoms with Crippen molar-refractivity contribution in [2.75, 3.05) is 7.11 Å². The number of rotatable bonds is 7. The Hall–Kier alpha value is -3.66. The summed E-state index contributed by atoms with van der Waals surface area (Å²) in [7, 11) is 4.41. The number of aromatic nitrogens is 2. The van der Waals surface area contributed by atoms with Crippen LogP contribution in [0.25, 0.3) is 11.1 Å². The third-order valence-electron chi connectivity index (χ3n) is 5.49. The van der Waals surface area contributed by atoms with Crippen molar-refractivity contribution in [1.82, 2.24) is 14.5 Å². The van der Waals surface area contributed by atoms with Crippen molar-refractivity contribution >= 4 is 27.8 Å². The third kappa shape index (κ3) is 4.96. The molecule has 2 N–H and O–H groups in total. The van der Waals surface area contributed by atoms with E-state index in [1.165, 1.54) is 24.9 Å². The van der Waals surface area contributed by atoms with Crippen LogP contribution in [0, 0.1) is 6.92 Å². The maximum absolute atomic E-state index is 12.8. The van der Waals surface area contributed by atoms with Gasteiger partial charge < -0.3 is 19.7 Å². The standard InChI is InChI=1S/C24H24BrN3O6/c1-13-10-14(8-9-15(13)16-12-27(2)24(33)28(3)22(16)30)11-18(23(31)32)26-21(29)20-17(25)6-5-7-19(20)34-4/h5-10,12,18H,11H2,1-4H3,(H,26,29)(H,31,32)/t18-/m0/s1. The minimum Gasteiger partial charge on any atom is -0.496 e. The van der Waals surface area contributed by atoms with Crippen molar-refractivity contribution in [3.8, 4) is 16.9 Å². The van der Waals surface area contributed by atoms with Crippen molar-refractivity contribution in [1.29, 1.82) is 0 Å². The fourth-order valence-electron chi connectivity index (χ4n) is 3.71. The number of nitrogens with zero attached hydrogens (tertiary/aromatic N) is 2. The predicted octanol–water partition coefficient (Wildman–Crippen LogP) is 2.26. The van der Waals surface area contributed by atoms with Crippen molar-refractivity contribution in [3.05, 3.63) is 84.6 Å². The SMILES string of the molecule is COc1cccc(Br)c1C(=O)N[C@@H](Cc1ccc(-c2cn(C)c(=O)n(C)c2=O)c(C)c1)C(=O)O. The molecule has 0 saturated heterocycles. The highest BCUT2D eigenvalue weighted by atomic mass is 79.9. The molecule has 0 unspecified atom stereocenters. The number of carbonyl (C=O) groups is 2. The first-order valence-electron chi connectivity index (χ1n) is 10.3. The van der Waals surface area contributed by atoms with E-state index in [9.17, 15) is 24.3 Å². The lowest BCUT2D eigenvalue weighted by atomic mass is 9.97. The average Bonchev–Trinajstić information content (AvgIpc) is 2.79. The van der Waals surface area contributed by atoms with E-state index < -0.39 is 29.2 Å². The molecule has 1 heterocycles. The molecule has 2 aromatic carbocycles. The van der Waals surface area contributed by atoms with Crippen LogP contribution in [0.5, 0.6) is 5.75 Å². The topological polar surface area (TPSA) is 120 Å². The van der Waals surface area contributed by atoms with Gasteiger partial charge in [-0.15, -0.1) is 0 Å². The van der Waals surface area contributed by atoms with Gasteiger partial charge in [-0.1, -0.05) is 24.3 Å². The zero-order valence-corrected chi connectivity index (χ0v) is 20.7. The number of aliphatic carboxylic acids is 1. The van der Waals surface area contributed by atoms with E-state index in [4.69, 9.17) is 4.74 Å². The summed E-state index contributed by atoms with van der Waals surface area (Å²) in [6.45, 7) is 1.80. The normalized spacial score (nSPS) is 11.7. The van der Waals surface area contributed by atoms with Crippen LogP contribution in [0.3, 0.4) is 0 Å². The summed E-state index contributed by atoms with van der Waals surface area (Å²) in [4.78, 5) is 49.3. The van der Waals surface area contributed by atoms with Gasteiger partial charge in [0, 0.05) is 31.2 Å². The Bertz CT molecular complexity index is 1390. The number of carboxylic acids is 1. The third-order valence-corrected chi connectivity index (χ3v) is 6.15. The predicted molar refractivity (Wildman–Crippen MR) is 130 cm³/mol. The molecule has 0 aliphatic carbocycles. The Morgan fingerprint density at radius 2 is 1.85 bits per heavy atom. The number of hydrogen-bond acceptors (Lipinski definition) is 5. The smallest absolute Gasteiger partial charge is 0.330 e. The number of aryl methyl sites for hydroxylation is 2. The number of halogens is 1. The molecule has 1 atom stereocenters. The van der Waals surface area contributed by atoms with Crippen molar-refractivity contribution < 1.29 is 19.4 Å². The number of methoxy groups -OCH3 is 1. The molecule has 0 fully saturated rings. The molecule has 178 valence electrons. The molecular weight excluding hydrogens is 506 g/mol. The lowest BCUT2D eigenvalue weighted by Crippen LogP contribution is -2.42. The monoisotopic (exact) mass is 529 g/mol. The van der Waals surface area contributed by atoms with E-state index in [1.54, 1.807) is 50.4 Å². The number of carbonyl (C=O) groups excluding carboxylic acids is 1. The maximum atomic E-state index is 12.8. The largest absolute Gasteiger partial charge is 0.496 e. The molecule has 0 aliphatic rings. The van der Waals surface area contributed by atoms with Crippen molar-refractivity contribution in [2.45, 2.75) is 19.4 Å². The second-order valence-corrected chi connectivity index (χ2v) is 8.69. The Morgan fingerprint density at radius 3 is 2.47 bits per heavy atom. The summed E-state index contributed by atoms with van der Waals surface area (Å²) in [5.74, 6) is -1.46. The fraction of sp³-hybridized carbons (Fsp3) is 0.250. The minimum atomic E-state index is -1.19. The van der Waals surface area contributed by atoms with Gasteiger partial charge >= 0.3 is 11.7 Å². The second-order valence-electron chi connectivity index (χ2n) is 7.84. The van der Waals surface area contributed by atoms with Crippen LogP contribution < -0.4 is 21.3 Å². The van der Waals surface area contributed by atoms with Gasteiger partial charge in [0.2, 0.25) is 0 Å². The Balaban J connectivity index is 1.89. The molecule has 3 rings (SSSR count). The summed E-state index contributed by atoms with van der Waals surface area (Å²) < 4.78 is 8.07. The second kappa shape index (κ2) is 10.1. The summed E-state index contributed by atoms with van der Waals surface area (Å²) in [6, 6.07) is 8.97. The van der Waals surface area contributed by atoms with Gasteiger partial charge in [-0.2, -0.15) is 0 Å². The highest BCUT2D eigenvalue weighted by Gasteiger charge is 2.24. The van der Waals surface area contributed by atoms with Gasteiger partial charge in [0.15, 0.2) is 0 Å². The van der Waals surface area contributed by atoms with Crippen LogP contribution >= 0.6 is 15.9 Å². The summed E-state index contributed by atoms with van der Waals surface area (Å²) in [5.41, 5.74) is 1.74. The van der Waals surface area contributed by atoms with Crippen LogP contribution in [-0.2, 0) is 25.3 Å². The molecular formula is C24H24BrN3O6. The van der Waals surface area contributed by atoms with Crippen LogP contribution in [0.1, 0.15) is 21.5 Å². The summed E-state index contributed by atoms with van der Waals surface area (Å²) in [5, 5.41) is 12.3. The Morgan fingerprint density at radius 1 is 1.15 bits per heavy atom. The molecule has 10 heteroatoms. The maximum Gasteiger partial charge on any atom is 0.330 e. The van der Waals surface area contributed by atoms with Crippen molar-refractivity contribution in [3.63, 3.8) is 0 Å². The lowest BCUT2D eigenvalue weighted by molar-refractivity contribution is -0.139. The lowest BCUT2D eigenvalue weighted by Gasteiger charge is -2.17. The molecule has 3 aromatic rings. The van der Waals surface area contributed by atoms with Gasteiger partial charge in [-0.3, -0.25) is 14.2 Å². The van der Waals surface area contributed by atoms with Crippen LogP contribution in [0.2, 0.25) is 0 Å². The first-order chi connectivity index (χ1) is 16.0. The number of benzene rings is 2. The van der Waals surface area contributed by atoms with E-state index >= 15 is 0 Å². The number of hydrogen-bond donors (Lipinski definition) is 2. The van der Waals surface area contributed by atoms with E-state index in [0.29, 0.717) is 26.9 Å². The molecule has 1 aromatic heterocycles. The fourth-order valence-corrected chi connectivity index (χ4v) is 4.24. The van der Waals surface area contributed by atoms with E-state index in [0.717, 1.165) is 10.1 Å². The van der Waals surface area contributed by atoms with Gasteiger partial charge in [-0.05, 0) is 51.7 Å². The number of amides is 1. The molecule has 0 saturated carbocycles. The quantitative estimate of drug-likeness (QED) is 0.484. The minimum absolute atomic E-state index is 0.0280. The van der Waals surface area contributed by atoms with Crippen LogP contribution in [0.4, 0.5) is 0 Å². The van der Waals surface area contributed by atoms with E-state index in [-0.39, 0.29) is 12.0 Å². The molecule has 0 radical (unpaired) electrons. The van der Waals surface area contributed by atoms with Crippen molar-refractivity contribution in [2.24, 2.45) is 14.1 Å². The van der Waals surface area contributed by atoms with E-state index in [2.05, 4.69) is 21.2 Å². The zero-order valence-electron chi connectivity index (χ0n) is 19.1. The first-order valence-corrected chi connectivity index (χ1v) is 11.1. The number of carboxylic acid groups (broad SMARTS) is 1.